The van der Waals surface area contributed by atoms with E-state index in [1.165, 1.54) is 18.2 Å². The summed E-state index contributed by atoms with van der Waals surface area (Å²) in [6.07, 6.45) is 0. The molecule has 1 saturated heterocycles. The highest BCUT2D eigenvalue weighted by Gasteiger charge is 2.30. The summed E-state index contributed by atoms with van der Waals surface area (Å²) < 4.78 is 19.2. The number of amides is 1. The minimum Gasteiger partial charge on any atom is -0.496 e. The van der Waals surface area contributed by atoms with Crippen molar-refractivity contribution >= 4 is 34.2 Å². The van der Waals surface area contributed by atoms with E-state index in [-0.39, 0.29) is 34.6 Å². The fraction of sp³-hybridized carbons (Fsp3) is 0.278. The molecule has 2 aromatic carbocycles. The van der Waals surface area contributed by atoms with Gasteiger partial charge in [0.25, 0.3) is 5.91 Å². The average Bonchev–Trinajstić information content (AvgIpc) is 2.63. The fourth-order valence-corrected chi connectivity index (χ4v) is 3.34. The Balaban J connectivity index is 0.00000225. The van der Waals surface area contributed by atoms with Crippen LogP contribution in [-0.2, 0) is 0 Å². The Hall–Kier alpha value is -1.63. The van der Waals surface area contributed by atoms with Crippen LogP contribution in [0, 0.1) is 5.82 Å². The number of rotatable bonds is 3. The molecule has 3 rings (SSSR count). The lowest BCUT2D eigenvalue weighted by atomic mass is 10.0. The van der Waals surface area contributed by atoms with Gasteiger partial charge in [-0.2, -0.15) is 0 Å². The van der Waals surface area contributed by atoms with Crippen LogP contribution in [0.4, 0.5) is 4.39 Å². The standard InChI is InChI=1S/C18H18BrFN2O2.ClH/c1-24-17-5-3-2-4-13(17)16-11-21-8-9-22(16)18(23)12-6-7-15(20)14(19)10-12;/h2-7,10,16,21H,8-9,11H2,1H3;1H. The van der Waals surface area contributed by atoms with Crippen molar-refractivity contribution in [3.8, 4) is 5.75 Å². The average molecular weight is 430 g/mol. The summed E-state index contributed by atoms with van der Waals surface area (Å²) in [5, 5.41) is 3.32. The maximum Gasteiger partial charge on any atom is 0.254 e. The molecule has 134 valence electrons. The molecule has 1 amide bonds. The van der Waals surface area contributed by atoms with Crippen LogP contribution in [0.2, 0.25) is 0 Å². The van der Waals surface area contributed by atoms with Crippen LogP contribution in [-0.4, -0.2) is 37.6 Å². The second-order valence-corrected chi connectivity index (χ2v) is 6.44. The van der Waals surface area contributed by atoms with E-state index in [9.17, 15) is 9.18 Å². The molecule has 1 atom stereocenters. The SMILES string of the molecule is COc1ccccc1C1CNCCN1C(=O)c1ccc(F)c(Br)c1.Cl. The van der Waals surface area contributed by atoms with Gasteiger partial charge >= 0.3 is 0 Å². The summed E-state index contributed by atoms with van der Waals surface area (Å²) >= 11 is 3.14. The normalized spacial score (nSPS) is 16.9. The smallest absolute Gasteiger partial charge is 0.254 e. The number of nitrogens with zero attached hydrogens (tertiary/aromatic N) is 1. The number of para-hydroxylation sites is 1. The highest BCUT2D eigenvalue weighted by Crippen LogP contribution is 2.31. The van der Waals surface area contributed by atoms with Crippen molar-refractivity contribution in [1.82, 2.24) is 10.2 Å². The zero-order valence-electron chi connectivity index (χ0n) is 13.7. The molecular formula is C18H19BrClFN2O2. The first-order valence-electron chi connectivity index (χ1n) is 7.71. The van der Waals surface area contributed by atoms with Gasteiger partial charge in [0.05, 0.1) is 17.6 Å². The van der Waals surface area contributed by atoms with E-state index < -0.39 is 0 Å². The van der Waals surface area contributed by atoms with Crippen molar-refractivity contribution < 1.29 is 13.9 Å². The topological polar surface area (TPSA) is 41.6 Å². The quantitative estimate of drug-likeness (QED) is 0.807. The molecule has 1 N–H and O–H groups in total. The van der Waals surface area contributed by atoms with Gasteiger partial charge in [0, 0.05) is 30.8 Å². The molecule has 0 aliphatic carbocycles. The maximum absolute atomic E-state index is 13.4. The maximum atomic E-state index is 13.4. The van der Waals surface area contributed by atoms with E-state index >= 15 is 0 Å². The Morgan fingerprint density at radius 3 is 2.80 bits per heavy atom. The van der Waals surface area contributed by atoms with Crippen molar-refractivity contribution in [1.29, 1.82) is 0 Å². The molecule has 1 aliphatic rings. The molecule has 1 aliphatic heterocycles. The van der Waals surface area contributed by atoms with Gasteiger partial charge in [-0.3, -0.25) is 4.79 Å². The van der Waals surface area contributed by atoms with Gasteiger partial charge in [0.15, 0.2) is 0 Å². The first-order valence-corrected chi connectivity index (χ1v) is 8.50. The van der Waals surface area contributed by atoms with E-state index in [4.69, 9.17) is 4.74 Å². The molecule has 2 aromatic rings. The number of piperazine rings is 1. The minimum atomic E-state index is -0.381. The van der Waals surface area contributed by atoms with Crippen LogP contribution < -0.4 is 10.1 Å². The van der Waals surface area contributed by atoms with Crippen LogP contribution in [0.15, 0.2) is 46.9 Å². The van der Waals surface area contributed by atoms with E-state index in [0.717, 1.165) is 17.9 Å². The third-order valence-corrected chi connectivity index (χ3v) is 4.78. The Morgan fingerprint density at radius 1 is 1.32 bits per heavy atom. The molecule has 0 bridgehead atoms. The zero-order valence-corrected chi connectivity index (χ0v) is 16.1. The van der Waals surface area contributed by atoms with Crippen LogP contribution in [0.25, 0.3) is 0 Å². The molecule has 0 aromatic heterocycles. The van der Waals surface area contributed by atoms with Crippen molar-refractivity contribution in [3.05, 3.63) is 63.9 Å². The van der Waals surface area contributed by atoms with Crippen LogP contribution in [0.3, 0.4) is 0 Å². The lowest BCUT2D eigenvalue weighted by molar-refractivity contribution is 0.0631. The van der Waals surface area contributed by atoms with Gasteiger partial charge in [-0.15, -0.1) is 12.4 Å². The van der Waals surface area contributed by atoms with E-state index in [1.807, 2.05) is 29.2 Å². The summed E-state index contributed by atoms with van der Waals surface area (Å²) in [7, 11) is 1.62. The van der Waals surface area contributed by atoms with Gasteiger partial charge in [-0.25, -0.2) is 4.39 Å². The van der Waals surface area contributed by atoms with Crippen LogP contribution in [0.5, 0.6) is 5.75 Å². The number of nitrogens with one attached hydrogen (secondary N) is 1. The van der Waals surface area contributed by atoms with Crippen LogP contribution >= 0.6 is 28.3 Å². The first-order chi connectivity index (χ1) is 11.6. The lowest BCUT2D eigenvalue weighted by Crippen LogP contribution is -2.48. The molecule has 7 heteroatoms. The van der Waals surface area contributed by atoms with E-state index in [0.29, 0.717) is 18.7 Å². The molecule has 4 nitrogen and oxygen atoms in total. The number of methoxy groups -OCH3 is 1. The van der Waals surface area contributed by atoms with Gasteiger partial charge in [0.2, 0.25) is 0 Å². The molecule has 0 saturated carbocycles. The van der Waals surface area contributed by atoms with E-state index in [2.05, 4.69) is 21.2 Å². The molecule has 1 fully saturated rings. The molecule has 25 heavy (non-hydrogen) atoms. The molecule has 0 radical (unpaired) electrons. The third kappa shape index (κ3) is 4.14. The largest absolute Gasteiger partial charge is 0.496 e. The number of ether oxygens (including phenoxy) is 1. The predicted molar refractivity (Wildman–Crippen MR) is 101 cm³/mol. The molecule has 1 heterocycles. The Bertz CT molecular complexity index is 760. The predicted octanol–water partition coefficient (Wildman–Crippen LogP) is 3.81. The number of carbonyl (C=O) groups is 1. The number of benzene rings is 2. The van der Waals surface area contributed by atoms with Gasteiger partial charge in [0.1, 0.15) is 11.6 Å². The van der Waals surface area contributed by atoms with Crippen molar-refractivity contribution in [2.24, 2.45) is 0 Å². The van der Waals surface area contributed by atoms with Crippen molar-refractivity contribution in [3.63, 3.8) is 0 Å². The molecule has 1 unspecified atom stereocenters. The van der Waals surface area contributed by atoms with Gasteiger partial charge < -0.3 is 15.0 Å². The summed E-state index contributed by atoms with van der Waals surface area (Å²) in [5.74, 6) is 0.255. The molecule has 0 spiro atoms. The first kappa shape index (κ1) is 19.7. The summed E-state index contributed by atoms with van der Waals surface area (Å²) in [4.78, 5) is 14.8. The highest BCUT2D eigenvalue weighted by atomic mass is 79.9. The number of carbonyl (C=O) groups excluding carboxylic acids is 1. The second-order valence-electron chi connectivity index (χ2n) is 5.59. The zero-order chi connectivity index (χ0) is 17.1. The number of halogens is 3. The number of hydrogen-bond acceptors (Lipinski definition) is 3. The minimum absolute atomic E-state index is 0. The Kier molecular flexibility index (Phi) is 6.81. The number of hydrogen-bond donors (Lipinski definition) is 1. The Morgan fingerprint density at radius 2 is 2.08 bits per heavy atom. The summed E-state index contributed by atoms with van der Waals surface area (Å²) in [6, 6.07) is 11.9. The van der Waals surface area contributed by atoms with Gasteiger partial charge in [-0.05, 0) is 40.2 Å². The molecular weight excluding hydrogens is 411 g/mol. The third-order valence-electron chi connectivity index (χ3n) is 4.17. The highest BCUT2D eigenvalue weighted by molar-refractivity contribution is 9.10. The van der Waals surface area contributed by atoms with Crippen molar-refractivity contribution in [2.45, 2.75) is 6.04 Å². The van der Waals surface area contributed by atoms with E-state index in [1.54, 1.807) is 7.11 Å². The Labute approximate surface area is 160 Å². The van der Waals surface area contributed by atoms with Gasteiger partial charge in [-0.1, -0.05) is 18.2 Å². The summed E-state index contributed by atoms with van der Waals surface area (Å²) in [6.45, 7) is 1.95. The summed E-state index contributed by atoms with van der Waals surface area (Å²) in [5.41, 5.74) is 1.42. The van der Waals surface area contributed by atoms with Crippen LogP contribution in [0.1, 0.15) is 22.0 Å². The lowest BCUT2D eigenvalue weighted by Gasteiger charge is -2.37. The fourth-order valence-electron chi connectivity index (χ4n) is 2.96. The van der Waals surface area contributed by atoms with Crippen molar-refractivity contribution in [2.75, 3.05) is 26.7 Å². The second kappa shape index (κ2) is 8.65. The monoisotopic (exact) mass is 428 g/mol.